The number of ether oxygens (including phenoxy) is 1. The smallest absolute Gasteiger partial charge is 0.255 e. The topological polar surface area (TPSA) is 81.1 Å². The van der Waals surface area contributed by atoms with Crippen LogP contribution in [0.5, 0.6) is 5.75 Å². The van der Waals surface area contributed by atoms with Gasteiger partial charge in [0, 0.05) is 17.1 Å². The monoisotopic (exact) mass is 477 g/mol. The molecule has 2 aromatic carbocycles. The van der Waals surface area contributed by atoms with Crippen molar-refractivity contribution >= 4 is 29.3 Å². The molecule has 0 radical (unpaired) electrons. The Bertz CT molecular complexity index is 1220. The van der Waals surface area contributed by atoms with E-state index in [0.29, 0.717) is 22.6 Å². The van der Waals surface area contributed by atoms with Crippen molar-refractivity contribution in [3.8, 4) is 5.75 Å². The number of nitrogens with zero attached hydrogens (tertiary/aromatic N) is 3. The van der Waals surface area contributed by atoms with Gasteiger partial charge >= 0.3 is 0 Å². The second kappa shape index (κ2) is 10.3. The van der Waals surface area contributed by atoms with E-state index in [2.05, 4.69) is 30.5 Å². The summed E-state index contributed by atoms with van der Waals surface area (Å²) < 4.78 is 7.19. The van der Waals surface area contributed by atoms with E-state index in [1.54, 1.807) is 18.9 Å². The third kappa shape index (κ3) is 5.28. The molecule has 0 saturated heterocycles. The van der Waals surface area contributed by atoms with Crippen LogP contribution in [0.4, 0.5) is 11.6 Å². The Labute approximate surface area is 205 Å². The number of nitrogens with one attached hydrogen (secondary N) is 2. The van der Waals surface area contributed by atoms with Crippen molar-refractivity contribution in [1.29, 1.82) is 0 Å². The number of methoxy groups -OCH3 is 1. The molecule has 1 aliphatic heterocycles. The maximum atomic E-state index is 13.4. The second-order valence-corrected chi connectivity index (χ2v) is 9.82. The van der Waals surface area contributed by atoms with Crippen LogP contribution in [-0.2, 0) is 10.5 Å². The lowest BCUT2D eigenvalue weighted by Gasteiger charge is -2.29. The highest BCUT2D eigenvalue weighted by molar-refractivity contribution is 7.98. The van der Waals surface area contributed by atoms with Gasteiger partial charge in [0.25, 0.3) is 5.91 Å². The van der Waals surface area contributed by atoms with Gasteiger partial charge in [0.05, 0.1) is 18.7 Å². The van der Waals surface area contributed by atoms with Gasteiger partial charge in [-0.2, -0.15) is 4.98 Å². The Morgan fingerprint density at radius 3 is 2.74 bits per heavy atom. The predicted octanol–water partition coefficient (Wildman–Crippen LogP) is 5.81. The highest BCUT2D eigenvalue weighted by atomic mass is 32.2. The van der Waals surface area contributed by atoms with E-state index < -0.39 is 0 Å². The van der Waals surface area contributed by atoms with Gasteiger partial charge in [-0.1, -0.05) is 55.9 Å². The molecule has 34 heavy (non-hydrogen) atoms. The van der Waals surface area contributed by atoms with Crippen LogP contribution in [0.25, 0.3) is 0 Å². The Kier molecular flexibility index (Phi) is 7.26. The van der Waals surface area contributed by atoms with Crippen molar-refractivity contribution in [2.24, 2.45) is 5.92 Å². The molecular weight excluding hydrogens is 446 g/mol. The maximum absolute atomic E-state index is 13.4. The number of aryl methyl sites for hydroxylation is 1. The van der Waals surface area contributed by atoms with Crippen LogP contribution in [0.3, 0.4) is 0 Å². The summed E-state index contributed by atoms with van der Waals surface area (Å²) in [5.74, 6) is 2.49. The van der Waals surface area contributed by atoms with Gasteiger partial charge in [-0.15, -0.1) is 5.10 Å². The van der Waals surface area contributed by atoms with Gasteiger partial charge in [-0.05, 0) is 55.5 Å². The summed E-state index contributed by atoms with van der Waals surface area (Å²) >= 11 is 1.56. The average molecular weight is 478 g/mol. The van der Waals surface area contributed by atoms with Gasteiger partial charge in [0.1, 0.15) is 5.75 Å². The summed E-state index contributed by atoms with van der Waals surface area (Å²) in [4.78, 5) is 18.1. The predicted molar refractivity (Wildman–Crippen MR) is 137 cm³/mol. The summed E-state index contributed by atoms with van der Waals surface area (Å²) in [7, 11) is 1.67. The molecule has 178 valence electrons. The number of allylic oxidation sites excluding steroid dienone is 1. The zero-order chi connectivity index (χ0) is 24.2. The number of carbonyl (C=O) groups excluding carboxylic acids is 1. The molecule has 1 atom stereocenters. The minimum atomic E-state index is -0.195. The van der Waals surface area contributed by atoms with Gasteiger partial charge in [0.15, 0.2) is 0 Å². The lowest BCUT2D eigenvalue weighted by molar-refractivity contribution is -0.113. The molecule has 2 heterocycles. The average Bonchev–Trinajstić information content (AvgIpc) is 3.21. The van der Waals surface area contributed by atoms with Crippen LogP contribution in [0.1, 0.15) is 44.4 Å². The minimum Gasteiger partial charge on any atom is -0.497 e. The zero-order valence-corrected chi connectivity index (χ0v) is 21.1. The summed E-state index contributed by atoms with van der Waals surface area (Å²) in [6, 6.07) is 15.6. The number of amides is 1. The van der Waals surface area contributed by atoms with E-state index in [1.807, 2.05) is 61.0 Å². The number of rotatable bonds is 8. The number of benzene rings is 2. The molecule has 4 rings (SSSR count). The molecule has 1 amide bonds. The fourth-order valence-corrected chi connectivity index (χ4v) is 4.85. The van der Waals surface area contributed by atoms with E-state index in [-0.39, 0.29) is 11.9 Å². The molecule has 0 spiro atoms. The Balaban J connectivity index is 1.57. The van der Waals surface area contributed by atoms with E-state index >= 15 is 0 Å². The molecule has 0 unspecified atom stereocenters. The van der Waals surface area contributed by atoms with Crippen LogP contribution in [0.2, 0.25) is 0 Å². The summed E-state index contributed by atoms with van der Waals surface area (Å²) in [5.41, 5.74) is 4.47. The van der Waals surface area contributed by atoms with Gasteiger partial charge in [-0.25, -0.2) is 4.68 Å². The molecule has 0 fully saturated rings. The Morgan fingerprint density at radius 2 is 2.00 bits per heavy atom. The third-order valence-electron chi connectivity index (χ3n) is 5.78. The van der Waals surface area contributed by atoms with Crippen molar-refractivity contribution in [2.75, 3.05) is 17.7 Å². The van der Waals surface area contributed by atoms with E-state index in [1.165, 1.54) is 0 Å². The summed E-state index contributed by atoms with van der Waals surface area (Å²) in [5, 5.41) is 11.9. The number of para-hydroxylation sites is 1. The first-order chi connectivity index (χ1) is 16.4. The largest absolute Gasteiger partial charge is 0.497 e. The van der Waals surface area contributed by atoms with Crippen molar-refractivity contribution in [1.82, 2.24) is 14.8 Å². The highest BCUT2D eigenvalue weighted by Crippen LogP contribution is 2.36. The lowest BCUT2D eigenvalue weighted by Crippen LogP contribution is -2.31. The van der Waals surface area contributed by atoms with Crippen molar-refractivity contribution in [3.05, 3.63) is 70.9 Å². The van der Waals surface area contributed by atoms with E-state index in [4.69, 9.17) is 14.8 Å². The number of hydrogen-bond acceptors (Lipinski definition) is 6. The first-order valence-corrected chi connectivity index (χ1v) is 12.4. The Morgan fingerprint density at radius 1 is 1.21 bits per heavy atom. The quantitative estimate of drug-likeness (QED) is 0.398. The van der Waals surface area contributed by atoms with Gasteiger partial charge < -0.3 is 15.4 Å². The molecule has 7 nitrogen and oxygen atoms in total. The molecule has 0 aliphatic carbocycles. The fourth-order valence-electron chi connectivity index (χ4n) is 4.07. The number of aromatic nitrogens is 3. The SMILES string of the molecule is COc1cccc(CSc2nc3n(n2)[C@H](CC(C)C)C(C(=O)Nc2ccccc2C)=C(C)N3)c1. The molecule has 1 aliphatic rings. The fraction of sp³-hybridized carbons (Fsp3) is 0.346. The number of thioether (sulfide) groups is 1. The number of fused-ring (bicyclic) bond motifs is 1. The molecule has 2 N–H and O–H groups in total. The lowest BCUT2D eigenvalue weighted by atomic mass is 9.94. The standard InChI is InChI=1S/C26H31N5O2S/c1-16(2)13-22-23(24(32)28-21-12-7-6-9-17(21)3)18(4)27-25-29-26(30-31(22)25)34-15-19-10-8-11-20(14-19)33-5/h6-12,14,16,22H,13,15H2,1-5H3,(H,28,32)(H,27,29,30)/t22-/m1/s1. The van der Waals surface area contributed by atoms with E-state index in [9.17, 15) is 4.79 Å². The minimum absolute atomic E-state index is 0.114. The summed E-state index contributed by atoms with van der Waals surface area (Å²) in [6.45, 7) is 8.23. The molecule has 3 aromatic rings. The van der Waals surface area contributed by atoms with Crippen LogP contribution in [0.15, 0.2) is 65.0 Å². The molecule has 0 bridgehead atoms. The molecular formula is C26H31N5O2S. The molecule has 8 heteroatoms. The second-order valence-electron chi connectivity index (χ2n) is 8.88. The zero-order valence-electron chi connectivity index (χ0n) is 20.3. The van der Waals surface area contributed by atoms with Crippen molar-refractivity contribution in [2.45, 2.75) is 51.1 Å². The molecule has 1 aromatic heterocycles. The maximum Gasteiger partial charge on any atom is 0.255 e. The van der Waals surface area contributed by atoms with Crippen LogP contribution in [-0.4, -0.2) is 27.8 Å². The highest BCUT2D eigenvalue weighted by Gasteiger charge is 2.33. The first kappa shape index (κ1) is 23.9. The van der Waals surface area contributed by atoms with Crippen LogP contribution >= 0.6 is 11.8 Å². The van der Waals surface area contributed by atoms with Gasteiger partial charge in [-0.3, -0.25) is 4.79 Å². The number of anilines is 2. The number of carbonyl (C=O) groups is 1. The third-order valence-corrected chi connectivity index (χ3v) is 6.69. The van der Waals surface area contributed by atoms with Crippen LogP contribution < -0.4 is 15.4 Å². The van der Waals surface area contributed by atoms with Gasteiger partial charge in [0.2, 0.25) is 11.1 Å². The van der Waals surface area contributed by atoms with Crippen LogP contribution in [0, 0.1) is 12.8 Å². The van der Waals surface area contributed by atoms with E-state index in [0.717, 1.165) is 40.4 Å². The number of hydrogen-bond donors (Lipinski definition) is 2. The first-order valence-electron chi connectivity index (χ1n) is 11.4. The van der Waals surface area contributed by atoms with Crippen molar-refractivity contribution in [3.63, 3.8) is 0 Å². The molecule has 0 saturated carbocycles. The summed E-state index contributed by atoms with van der Waals surface area (Å²) in [6.07, 6.45) is 0.784. The van der Waals surface area contributed by atoms with Crippen molar-refractivity contribution < 1.29 is 9.53 Å². The normalized spacial score (nSPS) is 15.2. The Hall–Kier alpha value is -3.26.